The molecule has 1 aliphatic rings. The van der Waals surface area contributed by atoms with Crippen LogP contribution in [-0.4, -0.2) is 36.7 Å². The van der Waals surface area contributed by atoms with Crippen molar-refractivity contribution in [2.75, 3.05) is 19.7 Å². The zero-order valence-electron chi connectivity index (χ0n) is 12.4. The summed E-state index contributed by atoms with van der Waals surface area (Å²) >= 11 is 5.91. The van der Waals surface area contributed by atoms with Crippen molar-refractivity contribution in [2.24, 2.45) is 5.73 Å². The van der Waals surface area contributed by atoms with Crippen molar-refractivity contribution in [3.8, 4) is 0 Å². The second-order valence-electron chi connectivity index (χ2n) is 5.65. The van der Waals surface area contributed by atoms with E-state index in [2.05, 4.69) is 18.7 Å². The van der Waals surface area contributed by atoms with E-state index >= 15 is 0 Å². The normalized spacial score (nSPS) is 25.6. The van der Waals surface area contributed by atoms with Gasteiger partial charge in [0.15, 0.2) is 0 Å². The number of nitrogens with two attached hydrogens (primary N) is 1. The third-order valence-corrected chi connectivity index (χ3v) is 4.33. The van der Waals surface area contributed by atoms with Gasteiger partial charge in [-0.2, -0.15) is 0 Å². The molecular formula is C16H25ClN2O. The van der Waals surface area contributed by atoms with E-state index in [1.807, 2.05) is 24.3 Å². The van der Waals surface area contributed by atoms with E-state index < -0.39 is 0 Å². The number of nitrogens with zero attached hydrogens (tertiary/aromatic N) is 1. The molecule has 2 N–H and O–H groups in total. The van der Waals surface area contributed by atoms with Crippen molar-refractivity contribution < 1.29 is 4.74 Å². The van der Waals surface area contributed by atoms with E-state index in [1.54, 1.807) is 0 Å². The Morgan fingerprint density at radius 3 is 2.75 bits per heavy atom. The van der Waals surface area contributed by atoms with Crippen molar-refractivity contribution in [3.63, 3.8) is 0 Å². The monoisotopic (exact) mass is 296 g/mol. The molecule has 3 unspecified atom stereocenters. The van der Waals surface area contributed by atoms with Crippen molar-refractivity contribution in [1.29, 1.82) is 0 Å². The first-order valence-electron chi connectivity index (χ1n) is 7.46. The molecule has 0 aromatic heterocycles. The van der Waals surface area contributed by atoms with Crippen LogP contribution in [0.2, 0.25) is 5.02 Å². The molecule has 1 aromatic rings. The van der Waals surface area contributed by atoms with Gasteiger partial charge >= 0.3 is 0 Å². The maximum Gasteiger partial charge on any atom is 0.0674 e. The Labute approximate surface area is 127 Å². The molecule has 0 amide bonds. The Kier molecular flexibility index (Phi) is 5.85. The van der Waals surface area contributed by atoms with Gasteiger partial charge in [0.05, 0.1) is 12.7 Å². The molecule has 2 rings (SSSR count). The van der Waals surface area contributed by atoms with Crippen LogP contribution >= 0.6 is 11.6 Å². The minimum Gasteiger partial charge on any atom is -0.376 e. The maximum atomic E-state index is 6.28. The smallest absolute Gasteiger partial charge is 0.0674 e. The van der Waals surface area contributed by atoms with E-state index in [-0.39, 0.29) is 6.04 Å². The number of benzene rings is 1. The van der Waals surface area contributed by atoms with Gasteiger partial charge in [0.2, 0.25) is 0 Å². The van der Waals surface area contributed by atoms with Crippen molar-refractivity contribution in [1.82, 2.24) is 4.90 Å². The number of hydrogen-bond donors (Lipinski definition) is 1. The molecule has 0 radical (unpaired) electrons. The number of rotatable bonds is 5. The van der Waals surface area contributed by atoms with Crippen molar-refractivity contribution in [2.45, 2.75) is 44.9 Å². The molecule has 3 nitrogen and oxygen atoms in total. The Hall–Kier alpha value is -0.610. The van der Waals surface area contributed by atoms with Gasteiger partial charge in [-0.1, -0.05) is 30.7 Å². The number of hydrogen-bond acceptors (Lipinski definition) is 3. The Balaban J connectivity index is 1.88. The summed E-state index contributed by atoms with van der Waals surface area (Å²) in [6, 6.07) is 8.45. The van der Waals surface area contributed by atoms with E-state index in [9.17, 15) is 0 Å². The van der Waals surface area contributed by atoms with Gasteiger partial charge in [-0.3, -0.25) is 4.90 Å². The van der Waals surface area contributed by atoms with E-state index in [4.69, 9.17) is 22.1 Å². The summed E-state index contributed by atoms with van der Waals surface area (Å²) in [6.45, 7) is 7.23. The molecule has 0 saturated carbocycles. The first kappa shape index (κ1) is 15.8. The highest BCUT2D eigenvalue weighted by atomic mass is 35.5. The highest BCUT2D eigenvalue weighted by Crippen LogP contribution is 2.20. The van der Waals surface area contributed by atoms with Crippen LogP contribution in [0.4, 0.5) is 0 Å². The van der Waals surface area contributed by atoms with Gasteiger partial charge in [0, 0.05) is 30.2 Å². The average molecular weight is 297 g/mol. The lowest BCUT2D eigenvalue weighted by atomic mass is 10.0. The summed E-state index contributed by atoms with van der Waals surface area (Å²) in [7, 11) is 0. The molecule has 1 saturated heterocycles. The summed E-state index contributed by atoms with van der Waals surface area (Å²) in [5, 5.41) is 0.758. The topological polar surface area (TPSA) is 38.5 Å². The van der Waals surface area contributed by atoms with Gasteiger partial charge in [0.25, 0.3) is 0 Å². The molecule has 20 heavy (non-hydrogen) atoms. The molecule has 1 aromatic carbocycles. The summed E-state index contributed by atoms with van der Waals surface area (Å²) in [4.78, 5) is 2.52. The molecule has 3 atom stereocenters. The molecule has 112 valence electrons. The van der Waals surface area contributed by atoms with Crippen LogP contribution in [0.1, 0.15) is 38.3 Å². The van der Waals surface area contributed by atoms with Crippen LogP contribution in [0, 0.1) is 0 Å². The third-order valence-electron chi connectivity index (χ3n) is 4.08. The fourth-order valence-electron chi connectivity index (χ4n) is 2.74. The minimum absolute atomic E-state index is 0.0722. The molecule has 0 aliphatic carbocycles. The van der Waals surface area contributed by atoms with Crippen LogP contribution in [0.5, 0.6) is 0 Å². The summed E-state index contributed by atoms with van der Waals surface area (Å²) < 4.78 is 5.73. The fraction of sp³-hybridized carbons (Fsp3) is 0.625. The minimum atomic E-state index is 0.0722. The SMILES string of the molecule is CCC1COC(C)CN1CCC(N)c1ccc(Cl)cc1. The second-order valence-corrected chi connectivity index (χ2v) is 6.08. The zero-order valence-corrected chi connectivity index (χ0v) is 13.1. The number of ether oxygens (including phenoxy) is 1. The van der Waals surface area contributed by atoms with Gasteiger partial charge in [-0.15, -0.1) is 0 Å². The van der Waals surface area contributed by atoms with Gasteiger partial charge in [0.1, 0.15) is 0 Å². The largest absolute Gasteiger partial charge is 0.376 e. The quantitative estimate of drug-likeness (QED) is 0.906. The predicted octanol–water partition coefficient (Wildman–Crippen LogP) is 3.23. The van der Waals surface area contributed by atoms with E-state index in [0.29, 0.717) is 12.1 Å². The third kappa shape index (κ3) is 4.19. The average Bonchev–Trinajstić information content (AvgIpc) is 2.45. The summed E-state index contributed by atoms with van der Waals surface area (Å²) in [5.41, 5.74) is 7.44. The Morgan fingerprint density at radius 1 is 1.40 bits per heavy atom. The Morgan fingerprint density at radius 2 is 2.10 bits per heavy atom. The van der Waals surface area contributed by atoms with Crippen LogP contribution in [0.25, 0.3) is 0 Å². The van der Waals surface area contributed by atoms with Crippen molar-refractivity contribution in [3.05, 3.63) is 34.9 Å². The molecule has 0 bridgehead atoms. The lowest BCUT2D eigenvalue weighted by Gasteiger charge is -2.38. The Bertz CT molecular complexity index is 409. The van der Waals surface area contributed by atoms with Gasteiger partial charge in [-0.05, 0) is 37.5 Å². The maximum absolute atomic E-state index is 6.28. The lowest BCUT2D eigenvalue weighted by molar-refractivity contribution is -0.0564. The standard InChI is InChI=1S/C16H25ClN2O/c1-3-15-11-20-12(2)10-19(15)9-8-16(18)13-4-6-14(17)7-5-13/h4-7,12,15-16H,3,8-11,18H2,1-2H3. The molecule has 1 aliphatic heterocycles. The number of halogens is 1. The first-order valence-corrected chi connectivity index (χ1v) is 7.84. The fourth-order valence-corrected chi connectivity index (χ4v) is 2.87. The molecule has 0 spiro atoms. The predicted molar refractivity (Wildman–Crippen MR) is 84.1 cm³/mol. The van der Waals surface area contributed by atoms with E-state index in [0.717, 1.165) is 43.1 Å². The molecule has 4 heteroatoms. The lowest BCUT2D eigenvalue weighted by Crippen LogP contribution is -2.49. The van der Waals surface area contributed by atoms with Crippen LogP contribution < -0.4 is 5.73 Å². The zero-order chi connectivity index (χ0) is 14.5. The molecule has 1 fully saturated rings. The molecule has 1 heterocycles. The van der Waals surface area contributed by atoms with Crippen molar-refractivity contribution >= 4 is 11.6 Å². The first-order chi connectivity index (χ1) is 9.60. The summed E-state index contributed by atoms with van der Waals surface area (Å²) in [5.74, 6) is 0. The molecular weight excluding hydrogens is 272 g/mol. The highest BCUT2D eigenvalue weighted by Gasteiger charge is 2.25. The van der Waals surface area contributed by atoms with Crippen LogP contribution in [0.15, 0.2) is 24.3 Å². The van der Waals surface area contributed by atoms with Gasteiger partial charge in [-0.25, -0.2) is 0 Å². The second kappa shape index (κ2) is 7.41. The van der Waals surface area contributed by atoms with E-state index in [1.165, 1.54) is 0 Å². The number of morpholine rings is 1. The van der Waals surface area contributed by atoms with Crippen LogP contribution in [0.3, 0.4) is 0 Å². The highest BCUT2D eigenvalue weighted by molar-refractivity contribution is 6.30. The summed E-state index contributed by atoms with van der Waals surface area (Å²) in [6.07, 6.45) is 2.41. The van der Waals surface area contributed by atoms with Gasteiger partial charge < -0.3 is 10.5 Å². The van der Waals surface area contributed by atoms with Crippen LogP contribution in [-0.2, 0) is 4.74 Å².